The van der Waals surface area contributed by atoms with Crippen LogP contribution in [0.5, 0.6) is 0 Å². The van der Waals surface area contributed by atoms with Crippen LogP contribution in [0.25, 0.3) is 5.65 Å². The van der Waals surface area contributed by atoms with Crippen LogP contribution in [0.3, 0.4) is 0 Å². The van der Waals surface area contributed by atoms with E-state index in [2.05, 4.69) is 30.1 Å². The second-order valence-electron chi connectivity index (χ2n) is 6.46. The van der Waals surface area contributed by atoms with Crippen LogP contribution in [0.1, 0.15) is 49.2 Å². The van der Waals surface area contributed by atoms with Gasteiger partial charge in [0.25, 0.3) is 0 Å². The quantitative estimate of drug-likeness (QED) is 0.741. The molecular weight excluding hydrogens is 308 g/mol. The lowest BCUT2D eigenvalue weighted by Gasteiger charge is -2.30. The van der Waals surface area contributed by atoms with Crippen LogP contribution in [0.4, 0.5) is 5.13 Å². The Hall–Kier alpha value is -2.02. The summed E-state index contributed by atoms with van der Waals surface area (Å²) in [5.74, 6) is 3.27. The summed E-state index contributed by atoms with van der Waals surface area (Å²) < 4.78 is 6.65. The zero-order valence-electron chi connectivity index (χ0n) is 12.8. The second kappa shape index (κ2) is 5.26. The third-order valence-corrected chi connectivity index (χ3v) is 5.64. The highest BCUT2D eigenvalue weighted by Crippen LogP contribution is 2.40. The first-order chi connectivity index (χ1) is 11.4. The molecule has 7 heteroatoms. The van der Waals surface area contributed by atoms with Gasteiger partial charge in [0.05, 0.1) is 0 Å². The van der Waals surface area contributed by atoms with E-state index in [-0.39, 0.29) is 0 Å². The van der Waals surface area contributed by atoms with Gasteiger partial charge in [0.2, 0.25) is 5.13 Å². The Morgan fingerprint density at radius 1 is 1.00 bits per heavy atom. The highest BCUT2D eigenvalue weighted by atomic mass is 32.1. The van der Waals surface area contributed by atoms with Gasteiger partial charge in [0.15, 0.2) is 5.65 Å². The Morgan fingerprint density at radius 3 is 2.70 bits per heavy atom. The van der Waals surface area contributed by atoms with E-state index in [1.807, 2.05) is 18.2 Å². The van der Waals surface area contributed by atoms with E-state index in [4.69, 9.17) is 4.98 Å². The lowest BCUT2D eigenvalue weighted by atomic mass is 9.96. The van der Waals surface area contributed by atoms with E-state index in [0.29, 0.717) is 11.8 Å². The van der Waals surface area contributed by atoms with E-state index in [0.717, 1.165) is 48.4 Å². The predicted octanol–water partition coefficient (Wildman–Crippen LogP) is 2.84. The van der Waals surface area contributed by atoms with Gasteiger partial charge >= 0.3 is 0 Å². The molecule has 1 aliphatic heterocycles. The summed E-state index contributed by atoms with van der Waals surface area (Å²) in [5.41, 5.74) is 0.933. The van der Waals surface area contributed by atoms with Crippen molar-refractivity contribution < 1.29 is 0 Å². The minimum atomic E-state index is 0.472. The van der Waals surface area contributed by atoms with Crippen molar-refractivity contribution >= 4 is 22.3 Å². The topological polar surface area (TPSA) is 59.2 Å². The maximum absolute atomic E-state index is 4.73. The molecule has 0 bridgehead atoms. The molecular formula is C16H18N6S. The first kappa shape index (κ1) is 13.4. The van der Waals surface area contributed by atoms with Crippen LogP contribution in [0, 0.1) is 0 Å². The molecule has 2 aliphatic rings. The predicted molar refractivity (Wildman–Crippen MR) is 89.1 cm³/mol. The van der Waals surface area contributed by atoms with Gasteiger partial charge in [-0.25, -0.2) is 4.98 Å². The standard InChI is InChI=1S/C16H18N6S/c1-2-8-22-13(3-1)18-19-15(22)12-6-9-21(10-7-12)16-17-14(20-23-16)11-4-5-11/h1-3,8,11-12H,4-7,9-10H2. The Morgan fingerprint density at radius 2 is 1.87 bits per heavy atom. The summed E-state index contributed by atoms with van der Waals surface area (Å²) in [6.45, 7) is 2.04. The number of rotatable bonds is 3. The Labute approximate surface area is 138 Å². The normalized spacial score (nSPS) is 19.6. The summed E-state index contributed by atoms with van der Waals surface area (Å²) in [7, 11) is 0. The van der Waals surface area contributed by atoms with Gasteiger partial charge in [-0.3, -0.25) is 4.40 Å². The monoisotopic (exact) mass is 326 g/mol. The van der Waals surface area contributed by atoms with Crippen molar-refractivity contribution in [3.8, 4) is 0 Å². The average molecular weight is 326 g/mol. The summed E-state index contributed by atoms with van der Waals surface area (Å²) in [5, 5.41) is 9.80. The smallest absolute Gasteiger partial charge is 0.205 e. The fraction of sp³-hybridized carbons (Fsp3) is 0.500. The number of anilines is 1. The largest absolute Gasteiger partial charge is 0.347 e. The van der Waals surface area contributed by atoms with Crippen LogP contribution >= 0.6 is 11.5 Å². The third kappa shape index (κ3) is 2.39. The van der Waals surface area contributed by atoms with E-state index >= 15 is 0 Å². The molecule has 1 saturated heterocycles. The van der Waals surface area contributed by atoms with Crippen LogP contribution in [-0.4, -0.2) is 37.0 Å². The molecule has 23 heavy (non-hydrogen) atoms. The molecule has 1 saturated carbocycles. The van der Waals surface area contributed by atoms with Crippen LogP contribution < -0.4 is 4.90 Å². The number of fused-ring (bicyclic) bond motifs is 1. The van der Waals surface area contributed by atoms with Gasteiger partial charge in [-0.2, -0.15) is 4.37 Å². The van der Waals surface area contributed by atoms with Gasteiger partial charge in [0, 0.05) is 42.7 Å². The van der Waals surface area contributed by atoms with Gasteiger partial charge in [0.1, 0.15) is 11.6 Å². The van der Waals surface area contributed by atoms with E-state index in [1.165, 1.54) is 12.8 Å². The number of piperidine rings is 1. The number of hydrogen-bond donors (Lipinski definition) is 0. The summed E-state index contributed by atoms with van der Waals surface area (Å²) >= 11 is 1.56. The van der Waals surface area contributed by atoms with Crippen molar-refractivity contribution in [1.29, 1.82) is 0 Å². The number of pyridine rings is 1. The van der Waals surface area contributed by atoms with Crippen molar-refractivity contribution in [3.05, 3.63) is 36.0 Å². The molecule has 4 heterocycles. The summed E-state index contributed by atoms with van der Waals surface area (Å²) in [6.07, 6.45) is 6.77. The molecule has 0 spiro atoms. The lowest BCUT2D eigenvalue weighted by molar-refractivity contribution is 0.482. The minimum absolute atomic E-state index is 0.472. The van der Waals surface area contributed by atoms with Gasteiger partial charge in [-0.05, 0) is 37.8 Å². The zero-order chi connectivity index (χ0) is 15.2. The molecule has 0 aromatic carbocycles. The third-order valence-electron chi connectivity index (χ3n) is 4.84. The van der Waals surface area contributed by atoms with Gasteiger partial charge in [-0.15, -0.1) is 10.2 Å². The van der Waals surface area contributed by atoms with Crippen molar-refractivity contribution in [2.75, 3.05) is 18.0 Å². The summed E-state index contributed by atoms with van der Waals surface area (Å²) in [4.78, 5) is 7.11. The van der Waals surface area contributed by atoms with Crippen molar-refractivity contribution in [2.24, 2.45) is 0 Å². The Bertz CT molecular complexity index is 828. The van der Waals surface area contributed by atoms with Crippen molar-refractivity contribution in [3.63, 3.8) is 0 Å². The molecule has 6 nitrogen and oxygen atoms in total. The highest BCUT2D eigenvalue weighted by molar-refractivity contribution is 7.09. The number of aromatic nitrogens is 5. The molecule has 3 aromatic heterocycles. The molecule has 3 aromatic rings. The average Bonchev–Trinajstić information content (AvgIpc) is 3.18. The van der Waals surface area contributed by atoms with Gasteiger partial charge in [-0.1, -0.05) is 6.07 Å². The fourth-order valence-electron chi connectivity index (χ4n) is 3.33. The molecule has 0 radical (unpaired) electrons. The van der Waals surface area contributed by atoms with Crippen LogP contribution in [0.2, 0.25) is 0 Å². The Kier molecular flexibility index (Phi) is 3.07. The van der Waals surface area contributed by atoms with E-state index in [1.54, 1.807) is 11.5 Å². The molecule has 0 atom stereocenters. The fourth-order valence-corrected chi connectivity index (χ4v) is 4.13. The molecule has 118 valence electrons. The maximum Gasteiger partial charge on any atom is 0.205 e. The molecule has 2 fully saturated rings. The second-order valence-corrected chi connectivity index (χ2v) is 7.19. The zero-order valence-corrected chi connectivity index (χ0v) is 13.6. The Balaban J connectivity index is 1.31. The number of nitrogens with zero attached hydrogens (tertiary/aromatic N) is 6. The SMILES string of the molecule is c1ccn2c(C3CCN(c4nc(C5CC5)ns4)CC3)nnc2c1. The summed E-state index contributed by atoms with van der Waals surface area (Å²) in [6, 6.07) is 6.05. The molecule has 5 rings (SSSR count). The van der Waals surface area contributed by atoms with E-state index < -0.39 is 0 Å². The minimum Gasteiger partial charge on any atom is -0.347 e. The maximum atomic E-state index is 4.73. The molecule has 0 unspecified atom stereocenters. The van der Waals surface area contributed by atoms with Gasteiger partial charge < -0.3 is 4.90 Å². The van der Waals surface area contributed by atoms with Crippen LogP contribution in [0.15, 0.2) is 24.4 Å². The molecule has 1 aliphatic carbocycles. The van der Waals surface area contributed by atoms with Crippen LogP contribution in [-0.2, 0) is 0 Å². The highest BCUT2D eigenvalue weighted by Gasteiger charge is 2.30. The van der Waals surface area contributed by atoms with E-state index in [9.17, 15) is 0 Å². The lowest BCUT2D eigenvalue weighted by Crippen LogP contribution is -2.33. The molecule has 0 amide bonds. The van der Waals surface area contributed by atoms with Crippen molar-refractivity contribution in [2.45, 2.75) is 37.5 Å². The number of hydrogen-bond acceptors (Lipinski definition) is 6. The first-order valence-electron chi connectivity index (χ1n) is 8.27. The first-order valence-corrected chi connectivity index (χ1v) is 9.04. The van der Waals surface area contributed by atoms with Crippen molar-refractivity contribution in [1.82, 2.24) is 24.0 Å². The molecule has 0 N–H and O–H groups in total.